The van der Waals surface area contributed by atoms with Crippen molar-refractivity contribution in [2.75, 3.05) is 0 Å². The molecule has 0 radical (unpaired) electrons. The first-order chi connectivity index (χ1) is 24.8. The van der Waals surface area contributed by atoms with Crippen LogP contribution >= 0.6 is 0 Å². The molecular weight excluding hydrogens is 640 g/mol. The summed E-state index contributed by atoms with van der Waals surface area (Å²) in [6.07, 6.45) is 8.58. The average molecular weight is 687 g/mol. The van der Waals surface area contributed by atoms with Crippen molar-refractivity contribution in [3.63, 3.8) is 0 Å². The summed E-state index contributed by atoms with van der Waals surface area (Å²) in [6, 6.07) is 31.6. The molecule has 0 aromatic heterocycles. The molecule has 264 valence electrons. The minimum atomic E-state index is -1.06. The van der Waals surface area contributed by atoms with Gasteiger partial charge in [-0.25, -0.2) is 0 Å². The molecule has 4 aromatic carbocycles. The molecule has 1 aliphatic rings. The number of carbonyl (C=O) groups is 4. The van der Waals surface area contributed by atoms with Crippen molar-refractivity contribution < 1.29 is 24.3 Å². The first-order valence-corrected chi connectivity index (χ1v) is 17.6. The third-order valence-corrected chi connectivity index (χ3v) is 9.02. The number of carbonyl (C=O) groups excluding carboxylic acids is 4. The van der Waals surface area contributed by atoms with Gasteiger partial charge in [0, 0.05) is 31.4 Å². The lowest BCUT2D eigenvalue weighted by atomic mass is 9.95. The number of rotatable bonds is 15. The van der Waals surface area contributed by atoms with Crippen LogP contribution in [-0.2, 0) is 38.4 Å². The molecule has 0 bridgehead atoms. The Morgan fingerprint density at radius 2 is 1.02 bits per heavy atom. The van der Waals surface area contributed by atoms with Crippen LogP contribution in [0.25, 0.3) is 6.08 Å². The molecule has 4 aromatic rings. The molecule has 9 heteroatoms. The van der Waals surface area contributed by atoms with E-state index >= 15 is 0 Å². The Morgan fingerprint density at radius 3 is 1.55 bits per heavy atom. The van der Waals surface area contributed by atoms with Gasteiger partial charge in [-0.1, -0.05) is 122 Å². The number of phenols is 1. The van der Waals surface area contributed by atoms with Gasteiger partial charge in [-0.3, -0.25) is 19.2 Å². The molecule has 0 saturated heterocycles. The third-order valence-electron chi connectivity index (χ3n) is 9.02. The molecule has 0 aliphatic heterocycles. The van der Waals surface area contributed by atoms with E-state index in [-0.39, 0.29) is 37.0 Å². The Kier molecular flexibility index (Phi) is 13.6. The van der Waals surface area contributed by atoms with Gasteiger partial charge >= 0.3 is 0 Å². The molecule has 3 atom stereocenters. The van der Waals surface area contributed by atoms with E-state index in [0.29, 0.717) is 0 Å². The van der Waals surface area contributed by atoms with Crippen LogP contribution in [0.3, 0.4) is 0 Å². The highest BCUT2D eigenvalue weighted by atomic mass is 16.3. The largest absolute Gasteiger partial charge is 0.508 e. The van der Waals surface area contributed by atoms with Crippen LogP contribution in [0.4, 0.5) is 0 Å². The van der Waals surface area contributed by atoms with E-state index in [9.17, 15) is 24.3 Å². The number of aromatic hydroxyl groups is 1. The molecule has 1 saturated carbocycles. The molecule has 5 rings (SSSR count). The van der Waals surface area contributed by atoms with Crippen molar-refractivity contribution in [3.05, 3.63) is 144 Å². The summed E-state index contributed by atoms with van der Waals surface area (Å²) in [5, 5.41) is 21.6. The van der Waals surface area contributed by atoms with Gasteiger partial charge in [0.05, 0.1) is 0 Å². The van der Waals surface area contributed by atoms with Crippen LogP contribution < -0.4 is 21.3 Å². The molecular formula is C42H46N4O5. The Hall–Kier alpha value is -5.70. The zero-order valence-corrected chi connectivity index (χ0v) is 28.7. The molecule has 51 heavy (non-hydrogen) atoms. The topological polar surface area (TPSA) is 137 Å². The van der Waals surface area contributed by atoms with Crippen LogP contribution in [0, 0.1) is 0 Å². The Bertz CT molecular complexity index is 1740. The Labute approximate surface area is 299 Å². The summed E-state index contributed by atoms with van der Waals surface area (Å²) in [7, 11) is 0. The predicted octanol–water partition coefficient (Wildman–Crippen LogP) is 5.04. The summed E-state index contributed by atoms with van der Waals surface area (Å²) in [6.45, 7) is 0. The second kappa shape index (κ2) is 18.9. The van der Waals surface area contributed by atoms with E-state index in [1.807, 2.05) is 91.0 Å². The van der Waals surface area contributed by atoms with E-state index in [2.05, 4.69) is 21.3 Å². The van der Waals surface area contributed by atoms with Crippen LogP contribution in [0.5, 0.6) is 5.75 Å². The van der Waals surface area contributed by atoms with Crippen molar-refractivity contribution in [2.45, 2.75) is 75.5 Å². The molecule has 0 unspecified atom stereocenters. The number of amides is 4. The van der Waals surface area contributed by atoms with Gasteiger partial charge in [0.15, 0.2) is 0 Å². The second-order valence-corrected chi connectivity index (χ2v) is 13.0. The zero-order chi connectivity index (χ0) is 35.8. The van der Waals surface area contributed by atoms with Gasteiger partial charge in [-0.15, -0.1) is 0 Å². The molecule has 5 N–H and O–H groups in total. The maximum absolute atomic E-state index is 14.2. The molecule has 1 fully saturated rings. The fraction of sp³-hybridized carbons (Fsp3) is 0.286. The second-order valence-electron chi connectivity index (χ2n) is 13.0. The molecule has 4 amide bonds. The number of hydrogen-bond donors (Lipinski definition) is 5. The van der Waals surface area contributed by atoms with E-state index in [4.69, 9.17) is 0 Å². The zero-order valence-electron chi connectivity index (χ0n) is 28.7. The van der Waals surface area contributed by atoms with Crippen LogP contribution in [0.2, 0.25) is 0 Å². The standard InChI is InChI=1S/C42H46N4O5/c47-35-24-21-33(22-25-35)29-37(40(49)43-34-19-11-4-12-20-34)45-42(51)38(28-32-17-9-3-10-18-32)46-41(50)36(27-31-15-7-2-8-16-31)44-39(48)26-23-30-13-5-1-6-14-30/h1-3,5-10,13-18,21-26,34,36-38,47H,4,11-12,19-20,27-29H2,(H,43,49)(H,44,48)(H,45,51)(H,46,50)/b26-23+/t36-,37-,38-/m0/s1. The van der Waals surface area contributed by atoms with E-state index in [0.717, 1.165) is 54.4 Å². The van der Waals surface area contributed by atoms with Crippen molar-refractivity contribution in [1.82, 2.24) is 21.3 Å². The summed E-state index contributed by atoms with van der Waals surface area (Å²) < 4.78 is 0. The minimum Gasteiger partial charge on any atom is -0.508 e. The summed E-state index contributed by atoms with van der Waals surface area (Å²) >= 11 is 0. The lowest BCUT2D eigenvalue weighted by molar-refractivity contribution is -0.133. The average Bonchev–Trinajstić information content (AvgIpc) is 3.15. The highest BCUT2D eigenvalue weighted by Gasteiger charge is 2.31. The molecule has 0 spiro atoms. The SMILES string of the molecule is O=C(/C=C/c1ccccc1)N[C@@H](Cc1ccccc1)C(=O)N[C@@H](Cc1ccccc1)C(=O)N[C@@H](Cc1ccc(O)cc1)C(=O)NC1CCCCC1. The lowest BCUT2D eigenvalue weighted by Gasteiger charge is -2.28. The van der Waals surface area contributed by atoms with Gasteiger partial charge in [0.25, 0.3) is 0 Å². The van der Waals surface area contributed by atoms with Crippen molar-refractivity contribution >= 4 is 29.7 Å². The minimum absolute atomic E-state index is 0.0311. The van der Waals surface area contributed by atoms with Crippen molar-refractivity contribution in [2.24, 2.45) is 0 Å². The fourth-order valence-electron chi connectivity index (χ4n) is 6.24. The number of nitrogens with one attached hydrogen (secondary N) is 4. The fourth-order valence-corrected chi connectivity index (χ4v) is 6.24. The molecule has 0 heterocycles. The Balaban J connectivity index is 1.36. The predicted molar refractivity (Wildman–Crippen MR) is 198 cm³/mol. The monoisotopic (exact) mass is 686 g/mol. The van der Waals surface area contributed by atoms with E-state index in [1.54, 1.807) is 30.3 Å². The molecule has 1 aliphatic carbocycles. The highest BCUT2D eigenvalue weighted by molar-refractivity contribution is 5.97. The van der Waals surface area contributed by atoms with Gasteiger partial charge < -0.3 is 26.4 Å². The van der Waals surface area contributed by atoms with Gasteiger partial charge in [0.2, 0.25) is 23.6 Å². The van der Waals surface area contributed by atoms with Crippen LogP contribution in [0.15, 0.2) is 121 Å². The van der Waals surface area contributed by atoms with E-state index < -0.39 is 35.8 Å². The van der Waals surface area contributed by atoms with Crippen LogP contribution in [0.1, 0.15) is 54.4 Å². The summed E-state index contributed by atoms with van der Waals surface area (Å²) in [4.78, 5) is 55.0. The Morgan fingerprint density at radius 1 is 0.569 bits per heavy atom. The van der Waals surface area contributed by atoms with Gasteiger partial charge in [0.1, 0.15) is 23.9 Å². The maximum atomic E-state index is 14.2. The highest BCUT2D eigenvalue weighted by Crippen LogP contribution is 2.18. The van der Waals surface area contributed by atoms with Gasteiger partial charge in [-0.2, -0.15) is 0 Å². The quantitative estimate of drug-likeness (QED) is 0.112. The van der Waals surface area contributed by atoms with Gasteiger partial charge in [-0.05, 0) is 53.3 Å². The maximum Gasteiger partial charge on any atom is 0.244 e. The van der Waals surface area contributed by atoms with Crippen molar-refractivity contribution in [1.29, 1.82) is 0 Å². The smallest absolute Gasteiger partial charge is 0.244 e. The van der Waals surface area contributed by atoms with E-state index in [1.165, 1.54) is 6.08 Å². The first kappa shape index (κ1) is 36.6. The number of benzene rings is 4. The number of phenolic OH excluding ortho intramolecular Hbond substituents is 1. The molecule has 9 nitrogen and oxygen atoms in total. The normalized spacial score (nSPS) is 14.9. The lowest BCUT2D eigenvalue weighted by Crippen LogP contribution is -2.58. The first-order valence-electron chi connectivity index (χ1n) is 17.6. The number of hydrogen-bond acceptors (Lipinski definition) is 5. The summed E-state index contributed by atoms with van der Waals surface area (Å²) in [5.41, 5.74) is 3.25. The van der Waals surface area contributed by atoms with Crippen molar-refractivity contribution in [3.8, 4) is 5.75 Å². The summed E-state index contributed by atoms with van der Waals surface area (Å²) in [5.74, 6) is -1.70. The van der Waals surface area contributed by atoms with Crippen LogP contribution in [-0.4, -0.2) is 52.9 Å². The third kappa shape index (κ3) is 12.0.